The molecule has 0 bridgehead atoms. The topological polar surface area (TPSA) is 43.8 Å². The predicted octanol–water partition coefficient (Wildman–Crippen LogP) is 2.22. The number of aryl methyl sites for hydroxylation is 2. The molecule has 1 aromatic heterocycles. The minimum atomic E-state index is 0.774. The molecule has 0 aliphatic carbocycles. The molecular weight excluding hydrogens is 162 g/mol. The fraction of sp³-hybridized carbons (Fsp3) is 0.500. The first-order valence-electron chi connectivity index (χ1n) is 4.79. The number of anilines is 1. The summed E-state index contributed by atoms with van der Waals surface area (Å²) in [5.41, 5.74) is 6.71. The van der Waals surface area contributed by atoms with Crippen molar-refractivity contribution in [3.63, 3.8) is 0 Å². The highest BCUT2D eigenvalue weighted by molar-refractivity contribution is 5.47. The Kier molecular flexibility index (Phi) is 3.12. The van der Waals surface area contributed by atoms with E-state index in [4.69, 9.17) is 5.73 Å². The van der Waals surface area contributed by atoms with E-state index in [1.54, 1.807) is 0 Å². The Morgan fingerprint density at radius 1 is 1.46 bits per heavy atom. The van der Waals surface area contributed by atoms with Gasteiger partial charge in [0.05, 0.1) is 5.69 Å². The summed E-state index contributed by atoms with van der Waals surface area (Å²) < 4.78 is 1.96. The average molecular weight is 179 g/mol. The van der Waals surface area contributed by atoms with Gasteiger partial charge in [-0.25, -0.2) is 4.98 Å². The summed E-state index contributed by atoms with van der Waals surface area (Å²) in [6, 6.07) is 0. The van der Waals surface area contributed by atoms with Crippen LogP contribution in [0.3, 0.4) is 0 Å². The predicted molar refractivity (Wildman–Crippen MR) is 56.4 cm³/mol. The first kappa shape index (κ1) is 9.84. The van der Waals surface area contributed by atoms with Gasteiger partial charge in [-0.1, -0.05) is 19.9 Å². The summed E-state index contributed by atoms with van der Waals surface area (Å²) >= 11 is 0. The van der Waals surface area contributed by atoms with Crippen molar-refractivity contribution in [1.82, 2.24) is 9.55 Å². The van der Waals surface area contributed by atoms with E-state index in [-0.39, 0.29) is 0 Å². The molecule has 0 atom stereocenters. The SMILES string of the molecule is CC.Cc1nc2n(c1N)C=CCC2. The van der Waals surface area contributed by atoms with E-state index in [0.717, 1.165) is 30.2 Å². The van der Waals surface area contributed by atoms with Crippen molar-refractivity contribution < 1.29 is 0 Å². The second kappa shape index (κ2) is 4.12. The van der Waals surface area contributed by atoms with Crippen LogP contribution in [0.5, 0.6) is 0 Å². The lowest BCUT2D eigenvalue weighted by Gasteiger charge is -2.06. The van der Waals surface area contributed by atoms with E-state index in [0.29, 0.717) is 0 Å². The Morgan fingerprint density at radius 3 is 2.77 bits per heavy atom. The van der Waals surface area contributed by atoms with Gasteiger partial charge in [-0.2, -0.15) is 0 Å². The molecule has 2 rings (SSSR count). The second-order valence-electron chi connectivity index (χ2n) is 2.79. The molecule has 0 unspecified atom stereocenters. The molecule has 0 spiro atoms. The summed E-state index contributed by atoms with van der Waals surface area (Å²) in [5, 5.41) is 0. The standard InChI is InChI=1S/C8H11N3.C2H6/c1-6-8(9)11-5-3-2-4-7(11)10-6;1-2/h3,5H,2,4,9H2,1H3;1-2H3. The molecule has 2 heterocycles. The molecule has 0 saturated heterocycles. The Balaban J connectivity index is 0.000000396. The number of allylic oxidation sites excluding steroid dienone is 1. The quantitative estimate of drug-likeness (QED) is 0.663. The number of aromatic nitrogens is 2. The summed E-state index contributed by atoms with van der Waals surface area (Å²) in [4.78, 5) is 4.34. The van der Waals surface area contributed by atoms with Crippen LogP contribution in [-0.2, 0) is 6.42 Å². The van der Waals surface area contributed by atoms with Crippen LogP contribution < -0.4 is 5.73 Å². The fourth-order valence-electron chi connectivity index (χ4n) is 1.35. The van der Waals surface area contributed by atoms with Crippen LogP contribution in [0, 0.1) is 6.92 Å². The number of rotatable bonds is 0. The van der Waals surface area contributed by atoms with Crippen molar-refractivity contribution >= 4 is 12.0 Å². The van der Waals surface area contributed by atoms with Crippen LogP contribution in [0.15, 0.2) is 6.08 Å². The maximum atomic E-state index is 5.77. The van der Waals surface area contributed by atoms with Crippen LogP contribution in [0.4, 0.5) is 5.82 Å². The van der Waals surface area contributed by atoms with E-state index in [9.17, 15) is 0 Å². The minimum absolute atomic E-state index is 0.774. The number of hydrogen-bond acceptors (Lipinski definition) is 2. The van der Waals surface area contributed by atoms with Gasteiger partial charge in [0.1, 0.15) is 11.6 Å². The van der Waals surface area contributed by atoms with Crippen LogP contribution in [0.1, 0.15) is 31.8 Å². The Hall–Kier alpha value is -1.25. The van der Waals surface area contributed by atoms with Crippen molar-refractivity contribution in [1.29, 1.82) is 0 Å². The van der Waals surface area contributed by atoms with E-state index < -0.39 is 0 Å². The van der Waals surface area contributed by atoms with Gasteiger partial charge < -0.3 is 5.73 Å². The van der Waals surface area contributed by atoms with Crippen molar-refractivity contribution in [3.8, 4) is 0 Å². The summed E-state index contributed by atoms with van der Waals surface area (Å²) in [6.07, 6.45) is 6.20. The molecule has 0 amide bonds. The molecule has 1 aliphatic rings. The van der Waals surface area contributed by atoms with Gasteiger partial charge in [-0.05, 0) is 13.3 Å². The first-order valence-corrected chi connectivity index (χ1v) is 4.79. The zero-order valence-corrected chi connectivity index (χ0v) is 8.54. The molecule has 3 heteroatoms. The lowest BCUT2D eigenvalue weighted by Crippen LogP contribution is -2.03. The molecule has 3 nitrogen and oxygen atoms in total. The first-order chi connectivity index (χ1) is 6.29. The van der Waals surface area contributed by atoms with Crippen molar-refractivity contribution in [2.75, 3.05) is 5.73 Å². The van der Waals surface area contributed by atoms with E-state index in [1.807, 2.05) is 31.5 Å². The molecule has 1 aliphatic heterocycles. The van der Waals surface area contributed by atoms with E-state index >= 15 is 0 Å². The van der Waals surface area contributed by atoms with Crippen LogP contribution in [0.25, 0.3) is 6.20 Å². The second-order valence-corrected chi connectivity index (χ2v) is 2.79. The smallest absolute Gasteiger partial charge is 0.130 e. The molecule has 0 saturated carbocycles. The summed E-state index contributed by atoms with van der Waals surface area (Å²) in [6.45, 7) is 5.94. The lowest BCUT2D eigenvalue weighted by molar-refractivity contribution is 0.839. The van der Waals surface area contributed by atoms with Crippen LogP contribution >= 0.6 is 0 Å². The number of nitrogens with zero attached hydrogens (tertiary/aromatic N) is 2. The zero-order valence-electron chi connectivity index (χ0n) is 8.54. The molecule has 0 radical (unpaired) electrons. The molecule has 13 heavy (non-hydrogen) atoms. The number of nitrogen functional groups attached to an aromatic ring is 1. The highest BCUT2D eigenvalue weighted by Gasteiger charge is 2.10. The van der Waals surface area contributed by atoms with Gasteiger partial charge in [0, 0.05) is 12.6 Å². The van der Waals surface area contributed by atoms with Gasteiger partial charge in [0.15, 0.2) is 0 Å². The molecule has 2 N–H and O–H groups in total. The number of nitrogens with two attached hydrogens (primary N) is 1. The third-order valence-corrected chi connectivity index (χ3v) is 1.99. The zero-order chi connectivity index (χ0) is 9.84. The molecule has 0 aromatic carbocycles. The molecule has 0 fully saturated rings. The van der Waals surface area contributed by atoms with E-state index in [2.05, 4.69) is 11.1 Å². The maximum Gasteiger partial charge on any atom is 0.130 e. The van der Waals surface area contributed by atoms with Crippen molar-refractivity contribution in [2.24, 2.45) is 0 Å². The van der Waals surface area contributed by atoms with Gasteiger partial charge in [0.25, 0.3) is 0 Å². The summed E-state index contributed by atoms with van der Waals surface area (Å²) in [5.74, 6) is 1.86. The number of fused-ring (bicyclic) bond motifs is 1. The third kappa shape index (κ3) is 1.74. The molecule has 1 aromatic rings. The summed E-state index contributed by atoms with van der Waals surface area (Å²) in [7, 11) is 0. The maximum absolute atomic E-state index is 5.77. The highest BCUT2D eigenvalue weighted by Crippen LogP contribution is 2.18. The number of imidazole rings is 1. The largest absolute Gasteiger partial charge is 0.383 e. The van der Waals surface area contributed by atoms with Crippen LogP contribution in [-0.4, -0.2) is 9.55 Å². The van der Waals surface area contributed by atoms with Gasteiger partial charge >= 0.3 is 0 Å². The van der Waals surface area contributed by atoms with Crippen LogP contribution in [0.2, 0.25) is 0 Å². The Bertz CT molecular complexity index is 310. The van der Waals surface area contributed by atoms with Crippen molar-refractivity contribution in [2.45, 2.75) is 33.6 Å². The fourth-order valence-corrected chi connectivity index (χ4v) is 1.35. The third-order valence-electron chi connectivity index (χ3n) is 1.99. The van der Waals surface area contributed by atoms with E-state index in [1.165, 1.54) is 0 Å². The monoisotopic (exact) mass is 179 g/mol. The molecule has 72 valence electrons. The normalized spacial score (nSPS) is 13.2. The lowest BCUT2D eigenvalue weighted by atomic mass is 10.2. The van der Waals surface area contributed by atoms with Gasteiger partial charge in [-0.3, -0.25) is 4.57 Å². The van der Waals surface area contributed by atoms with Crippen molar-refractivity contribution in [3.05, 3.63) is 17.6 Å². The average Bonchev–Trinajstić information content (AvgIpc) is 2.47. The Labute approximate surface area is 79.3 Å². The Morgan fingerprint density at radius 2 is 2.15 bits per heavy atom. The highest BCUT2D eigenvalue weighted by atomic mass is 15.1. The van der Waals surface area contributed by atoms with Gasteiger partial charge in [0.2, 0.25) is 0 Å². The minimum Gasteiger partial charge on any atom is -0.383 e. The van der Waals surface area contributed by atoms with Gasteiger partial charge in [-0.15, -0.1) is 0 Å². The molecular formula is C10H17N3. The number of hydrogen-bond donors (Lipinski definition) is 1.